The molecule has 4 nitrogen and oxygen atoms in total. The van der Waals surface area contributed by atoms with Gasteiger partial charge in [0.25, 0.3) is 0 Å². The van der Waals surface area contributed by atoms with Crippen molar-refractivity contribution in [1.29, 1.82) is 0 Å². The third-order valence-electron chi connectivity index (χ3n) is 4.26. The van der Waals surface area contributed by atoms with Crippen LogP contribution < -0.4 is 15.5 Å². The first-order chi connectivity index (χ1) is 12.1. The largest absolute Gasteiger partial charge is 0.374 e. The maximum absolute atomic E-state index is 12.1. The van der Waals surface area contributed by atoms with Gasteiger partial charge in [-0.15, -0.1) is 0 Å². The molecule has 1 aliphatic rings. The number of piperidine rings is 1. The summed E-state index contributed by atoms with van der Waals surface area (Å²) in [5, 5.41) is 6.84. The van der Waals surface area contributed by atoms with E-state index < -0.39 is 0 Å². The molecule has 25 heavy (non-hydrogen) atoms. The molecule has 3 rings (SSSR count). The molecule has 0 atom stereocenters. The predicted molar refractivity (Wildman–Crippen MR) is 106 cm³/mol. The van der Waals surface area contributed by atoms with Crippen molar-refractivity contribution >= 4 is 46.2 Å². The Balaban J connectivity index is 1.54. The van der Waals surface area contributed by atoms with E-state index in [1.807, 2.05) is 12.1 Å². The van der Waals surface area contributed by atoms with Gasteiger partial charge < -0.3 is 15.5 Å². The van der Waals surface area contributed by atoms with E-state index in [2.05, 4.69) is 27.7 Å². The van der Waals surface area contributed by atoms with Gasteiger partial charge in [0, 0.05) is 24.5 Å². The highest BCUT2D eigenvalue weighted by atomic mass is 35.5. The number of carbonyl (C=O) groups is 1. The molecule has 1 heterocycles. The number of carbonyl (C=O) groups excluding carboxylic acids is 1. The van der Waals surface area contributed by atoms with Crippen LogP contribution in [0.25, 0.3) is 0 Å². The third kappa shape index (κ3) is 4.80. The van der Waals surface area contributed by atoms with Crippen LogP contribution in [0.1, 0.15) is 19.3 Å². The lowest BCUT2D eigenvalue weighted by molar-refractivity contribution is -0.114. The minimum Gasteiger partial charge on any atom is -0.374 e. The molecular formula is C19H21Cl2N3O. The quantitative estimate of drug-likeness (QED) is 0.767. The van der Waals surface area contributed by atoms with Gasteiger partial charge in [-0.2, -0.15) is 0 Å². The first-order valence-corrected chi connectivity index (χ1v) is 9.22. The molecule has 132 valence electrons. The maximum Gasteiger partial charge on any atom is 0.243 e. The highest BCUT2D eigenvalue weighted by molar-refractivity contribution is 6.39. The molecule has 1 saturated heterocycles. The Kier molecular flexibility index (Phi) is 6.05. The minimum absolute atomic E-state index is 0.0946. The van der Waals surface area contributed by atoms with E-state index in [9.17, 15) is 4.79 Å². The van der Waals surface area contributed by atoms with Gasteiger partial charge >= 0.3 is 0 Å². The second-order valence-corrected chi connectivity index (χ2v) is 6.91. The van der Waals surface area contributed by atoms with Gasteiger partial charge in [-0.25, -0.2) is 0 Å². The summed E-state index contributed by atoms with van der Waals surface area (Å²) in [5.41, 5.74) is 2.55. The average Bonchev–Trinajstić information content (AvgIpc) is 2.63. The number of hydrogen-bond acceptors (Lipinski definition) is 3. The van der Waals surface area contributed by atoms with Gasteiger partial charge in [0.2, 0.25) is 5.91 Å². The summed E-state index contributed by atoms with van der Waals surface area (Å²) in [6, 6.07) is 13.2. The molecule has 6 heteroatoms. The molecule has 0 aromatic heterocycles. The molecule has 0 saturated carbocycles. The number of amides is 1. The number of rotatable bonds is 5. The second-order valence-electron chi connectivity index (χ2n) is 6.09. The minimum atomic E-state index is -0.151. The summed E-state index contributed by atoms with van der Waals surface area (Å²) in [5.74, 6) is -0.151. The van der Waals surface area contributed by atoms with Crippen molar-refractivity contribution in [3.8, 4) is 0 Å². The number of benzene rings is 2. The monoisotopic (exact) mass is 377 g/mol. The summed E-state index contributed by atoms with van der Waals surface area (Å²) in [4.78, 5) is 14.5. The molecule has 0 spiro atoms. The van der Waals surface area contributed by atoms with Crippen LogP contribution in [0.3, 0.4) is 0 Å². The van der Waals surface area contributed by atoms with E-state index in [-0.39, 0.29) is 12.5 Å². The summed E-state index contributed by atoms with van der Waals surface area (Å²) in [6.45, 7) is 2.31. The lowest BCUT2D eigenvalue weighted by atomic mass is 10.1. The lowest BCUT2D eigenvalue weighted by Gasteiger charge is -2.28. The summed E-state index contributed by atoms with van der Waals surface area (Å²) < 4.78 is 0. The molecule has 1 fully saturated rings. The number of para-hydroxylation sites is 1. The van der Waals surface area contributed by atoms with E-state index in [0.717, 1.165) is 18.8 Å². The van der Waals surface area contributed by atoms with E-state index >= 15 is 0 Å². The highest BCUT2D eigenvalue weighted by Gasteiger charge is 2.11. The molecule has 1 amide bonds. The molecule has 2 aromatic rings. The molecule has 0 unspecified atom stereocenters. The Morgan fingerprint density at radius 1 is 0.960 bits per heavy atom. The van der Waals surface area contributed by atoms with Crippen molar-refractivity contribution < 1.29 is 4.79 Å². The van der Waals surface area contributed by atoms with Gasteiger partial charge in [-0.1, -0.05) is 29.3 Å². The van der Waals surface area contributed by atoms with Gasteiger partial charge in [0.1, 0.15) is 0 Å². The third-order valence-corrected chi connectivity index (χ3v) is 4.89. The topological polar surface area (TPSA) is 44.4 Å². The summed E-state index contributed by atoms with van der Waals surface area (Å²) in [7, 11) is 0. The van der Waals surface area contributed by atoms with Crippen LogP contribution in [0, 0.1) is 0 Å². The fraction of sp³-hybridized carbons (Fsp3) is 0.316. The zero-order valence-electron chi connectivity index (χ0n) is 13.9. The van der Waals surface area contributed by atoms with Crippen LogP contribution >= 0.6 is 23.2 Å². The van der Waals surface area contributed by atoms with Gasteiger partial charge in [-0.3, -0.25) is 4.79 Å². The number of nitrogens with zero attached hydrogens (tertiary/aromatic N) is 1. The standard InChI is InChI=1S/C19H21Cl2N3O/c20-16-5-4-6-17(21)19(16)22-13-18(25)23-14-7-9-15(10-8-14)24-11-2-1-3-12-24/h4-10,22H,1-3,11-13H2,(H,23,25). The van der Waals surface area contributed by atoms with Crippen LogP contribution in [0.2, 0.25) is 10.0 Å². The van der Waals surface area contributed by atoms with Crippen LogP contribution in [-0.4, -0.2) is 25.5 Å². The number of nitrogens with one attached hydrogen (secondary N) is 2. The predicted octanol–water partition coefficient (Wildman–Crippen LogP) is 5.03. The SMILES string of the molecule is O=C(CNc1c(Cl)cccc1Cl)Nc1ccc(N2CCCCC2)cc1. The van der Waals surface area contributed by atoms with E-state index in [0.29, 0.717) is 15.7 Å². The van der Waals surface area contributed by atoms with Gasteiger partial charge in [0.05, 0.1) is 22.3 Å². The fourth-order valence-corrected chi connectivity index (χ4v) is 3.48. The van der Waals surface area contributed by atoms with E-state index in [1.165, 1.54) is 24.9 Å². The normalized spacial score (nSPS) is 14.2. The molecule has 2 aromatic carbocycles. The highest BCUT2D eigenvalue weighted by Crippen LogP contribution is 2.29. The lowest BCUT2D eigenvalue weighted by Crippen LogP contribution is -2.29. The maximum atomic E-state index is 12.1. The van der Waals surface area contributed by atoms with Crippen molar-refractivity contribution in [1.82, 2.24) is 0 Å². The van der Waals surface area contributed by atoms with Crippen LogP contribution in [0.15, 0.2) is 42.5 Å². The van der Waals surface area contributed by atoms with Crippen molar-refractivity contribution in [3.63, 3.8) is 0 Å². The average molecular weight is 378 g/mol. The molecule has 2 N–H and O–H groups in total. The molecule has 1 aliphatic heterocycles. The van der Waals surface area contributed by atoms with Crippen LogP contribution in [0.4, 0.5) is 17.1 Å². The van der Waals surface area contributed by atoms with E-state index in [1.54, 1.807) is 18.2 Å². The van der Waals surface area contributed by atoms with Crippen molar-refractivity contribution in [3.05, 3.63) is 52.5 Å². The first kappa shape index (κ1) is 17.9. The number of hydrogen-bond donors (Lipinski definition) is 2. The Hall–Kier alpha value is -1.91. The van der Waals surface area contributed by atoms with E-state index in [4.69, 9.17) is 23.2 Å². The molecular weight excluding hydrogens is 357 g/mol. The summed E-state index contributed by atoms with van der Waals surface area (Å²) in [6.07, 6.45) is 3.80. The zero-order valence-corrected chi connectivity index (χ0v) is 15.4. The van der Waals surface area contributed by atoms with Crippen molar-refractivity contribution in [2.45, 2.75) is 19.3 Å². The second kappa shape index (κ2) is 8.45. The molecule has 0 radical (unpaired) electrons. The Bertz CT molecular complexity index is 708. The van der Waals surface area contributed by atoms with Gasteiger partial charge in [0.15, 0.2) is 0 Å². The van der Waals surface area contributed by atoms with Crippen LogP contribution in [-0.2, 0) is 4.79 Å². The Morgan fingerprint density at radius 3 is 2.24 bits per heavy atom. The van der Waals surface area contributed by atoms with Gasteiger partial charge in [-0.05, 0) is 55.7 Å². The van der Waals surface area contributed by atoms with Crippen LogP contribution in [0.5, 0.6) is 0 Å². The Labute approximate surface area is 158 Å². The zero-order chi connectivity index (χ0) is 17.6. The molecule has 0 bridgehead atoms. The smallest absolute Gasteiger partial charge is 0.243 e. The Morgan fingerprint density at radius 2 is 1.60 bits per heavy atom. The van der Waals surface area contributed by atoms with Crippen molar-refractivity contribution in [2.75, 3.05) is 35.2 Å². The number of anilines is 3. The van der Waals surface area contributed by atoms with Crippen molar-refractivity contribution in [2.24, 2.45) is 0 Å². The number of halogens is 2. The summed E-state index contributed by atoms with van der Waals surface area (Å²) >= 11 is 12.2. The molecule has 0 aliphatic carbocycles. The fourth-order valence-electron chi connectivity index (χ4n) is 2.95. The first-order valence-electron chi connectivity index (χ1n) is 8.46.